The van der Waals surface area contributed by atoms with Crippen molar-refractivity contribution in [3.8, 4) is 0 Å². The number of pyridine rings is 1. The summed E-state index contributed by atoms with van der Waals surface area (Å²) in [6.45, 7) is 6.50. The largest absolute Gasteiger partial charge is 0.396 e. The van der Waals surface area contributed by atoms with Gasteiger partial charge in [-0.3, -0.25) is 9.88 Å². The molecule has 0 amide bonds. The smallest absolute Gasteiger partial charge is 0.0768 e. The molecule has 2 heterocycles. The lowest BCUT2D eigenvalue weighted by molar-refractivity contribution is 0.148. The highest BCUT2D eigenvalue weighted by atomic mass is 15.3. The van der Waals surface area contributed by atoms with Crippen LogP contribution in [0.4, 0.5) is 11.4 Å². The van der Waals surface area contributed by atoms with Gasteiger partial charge in [-0.15, -0.1) is 0 Å². The molecule has 1 aromatic heterocycles. The Morgan fingerprint density at radius 1 is 1.10 bits per heavy atom. The van der Waals surface area contributed by atoms with Gasteiger partial charge >= 0.3 is 0 Å². The number of nitrogen functional groups attached to an aromatic ring is 1. The second-order valence-electron chi connectivity index (χ2n) is 6.14. The molecular weight excluding hydrogens is 248 g/mol. The van der Waals surface area contributed by atoms with Gasteiger partial charge in [0.05, 0.1) is 17.1 Å². The van der Waals surface area contributed by atoms with E-state index in [0.717, 1.165) is 30.5 Å². The zero-order valence-electron chi connectivity index (χ0n) is 12.5. The molecule has 0 atom stereocenters. The van der Waals surface area contributed by atoms with Crippen LogP contribution >= 0.6 is 0 Å². The lowest BCUT2D eigenvalue weighted by Crippen LogP contribution is -2.51. The maximum Gasteiger partial charge on any atom is 0.0768 e. The van der Waals surface area contributed by atoms with Gasteiger partial charge in [-0.25, -0.2) is 0 Å². The van der Waals surface area contributed by atoms with Crippen LogP contribution in [0.25, 0.3) is 0 Å². The van der Waals surface area contributed by atoms with Gasteiger partial charge in [0.1, 0.15) is 0 Å². The molecule has 1 saturated carbocycles. The van der Waals surface area contributed by atoms with Gasteiger partial charge in [-0.2, -0.15) is 0 Å². The maximum absolute atomic E-state index is 6.17. The van der Waals surface area contributed by atoms with E-state index in [0.29, 0.717) is 0 Å². The normalized spacial score (nSPS) is 22.1. The number of piperazine rings is 1. The van der Waals surface area contributed by atoms with Crippen LogP contribution in [0, 0.1) is 6.92 Å². The van der Waals surface area contributed by atoms with E-state index in [9.17, 15) is 0 Å². The van der Waals surface area contributed by atoms with Crippen LogP contribution in [-0.4, -0.2) is 42.1 Å². The van der Waals surface area contributed by atoms with E-state index in [4.69, 9.17) is 5.73 Å². The fourth-order valence-corrected chi connectivity index (χ4v) is 3.61. The van der Waals surface area contributed by atoms with Crippen LogP contribution in [0.2, 0.25) is 0 Å². The van der Waals surface area contributed by atoms with E-state index in [1.54, 1.807) is 0 Å². The summed E-state index contributed by atoms with van der Waals surface area (Å²) in [5.41, 5.74) is 9.13. The van der Waals surface area contributed by atoms with Crippen molar-refractivity contribution < 1.29 is 0 Å². The monoisotopic (exact) mass is 274 g/mol. The van der Waals surface area contributed by atoms with Gasteiger partial charge in [0.2, 0.25) is 0 Å². The van der Waals surface area contributed by atoms with Crippen molar-refractivity contribution in [1.82, 2.24) is 9.88 Å². The van der Waals surface area contributed by atoms with E-state index >= 15 is 0 Å². The summed E-state index contributed by atoms with van der Waals surface area (Å²) in [6, 6.07) is 2.89. The summed E-state index contributed by atoms with van der Waals surface area (Å²) < 4.78 is 0. The van der Waals surface area contributed by atoms with Gasteiger partial charge in [0, 0.05) is 38.4 Å². The number of aromatic nitrogens is 1. The van der Waals surface area contributed by atoms with Gasteiger partial charge in [-0.05, 0) is 25.8 Å². The molecule has 3 rings (SSSR count). The Labute approximate surface area is 122 Å². The Bertz CT molecular complexity index is 446. The third-order valence-electron chi connectivity index (χ3n) is 4.91. The number of nitrogens with zero attached hydrogens (tertiary/aromatic N) is 3. The molecule has 1 aliphatic heterocycles. The molecule has 0 radical (unpaired) electrons. The molecule has 4 heteroatoms. The third-order valence-corrected chi connectivity index (χ3v) is 4.91. The van der Waals surface area contributed by atoms with Gasteiger partial charge in [-0.1, -0.05) is 19.3 Å². The molecule has 0 bridgehead atoms. The van der Waals surface area contributed by atoms with Crippen LogP contribution < -0.4 is 10.6 Å². The Morgan fingerprint density at radius 2 is 1.80 bits per heavy atom. The fourth-order valence-electron chi connectivity index (χ4n) is 3.61. The van der Waals surface area contributed by atoms with Crippen molar-refractivity contribution in [2.24, 2.45) is 0 Å². The summed E-state index contributed by atoms with van der Waals surface area (Å²) in [5.74, 6) is 0. The minimum Gasteiger partial charge on any atom is -0.396 e. The number of hydrogen-bond donors (Lipinski definition) is 1. The molecule has 2 N–H and O–H groups in total. The molecule has 2 fully saturated rings. The summed E-state index contributed by atoms with van der Waals surface area (Å²) in [6.07, 6.45) is 8.94. The molecule has 1 aromatic rings. The van der Waals surface area contributed by atoms with Crippen molar-refractivity contribution in [3.63, 3.8) is 0 Å². The lowest BCUT2D eigenvalue weighted by atomic mass is 9.94. The standard InChI is InChI=1S/C16H26N4/c1-13-16(17)15(7-8-18-13)20-11-9-19(10-12-20)14-5-3-2-4-6-14/h7-8,14H,2-6,9-12,17H2,1H3. The van der Waals surface area contributed by atoms with E-state index in [1.807, 2.05) is 13.1 Å². The first kappa shape index (κ1) is 13.7. The highest BCUT2D eigenvalue weighted by Crippen LogP contribution is 2.28. The number of nitrogens with two attached hydrogens (primary N) is 1. The predicted molar refractivity (Wildman–Crippen MR) is 84.0 cm³/mol. The summed E-state index contributed by atoms with van der Waals surface area (Å²) in [7, 11) is 0. The fraction of sp³-hybridized carbons (Fsp3) is 0.688. The van der Waals surface area contributed by atoms with E-state index in [-0.39, 0.29) is 0 Å². The topological polar surface area (TPSA) is 45.4 Å². The number of rotatable bonds is 2. The molecule has 110 valence electrons. The van der Waals surface area contributed by atoms with Gasteiger partial charge in [0.25, 0.3) is 0 Å². The Morgan fingerprint density at radius 3 is 2.50 bits per heavy atom. The number of anilines is 2. The highest BCUT2D eigenvalue weighted by molar-refractivity contribution is 5.69. The average Bonchev–Trinajstić information content (AvgIpc) is 2.51. The average molecular weight is 274 g/mol. The van der Waals surface area contributed by atoms with Crippen LogP contribution in [-0.2, 0) is 0 Å². The Hall–Kier alpha value is -1.29. The molecular formula is C16H26N4. The zero-order valence-corrected chi connectivity index (χ0v) is 12.5. The number of aryl methyl sites for hydroxylation is 1. The lowest BCUT2D eigenvalue weighted by Gasteiger charge is -2.41. The second kappa shape index (κ2) is 6.00. The van der Waals surface area contributed by atoms with E-state index in [2.05, 4.69) is 20.9 Å². The van der Waals surface area contributed by atoms with Crippen LogP contribution in [0.3, 0.4) is 0 Å². The Balaban J connectivity index is 1.62. The maximum atomic E-state index is 6.17. The van der Waals surface area contributed by atoms with Crippen molar-refractivity contribution in [3.05, 3.63) is 18.0 Å². The molecule has 20 heavy (non-hydrogen) atoms. The predicted octanol–water partition coefficient (Wildman–Crippen LogP) is 2.43. The Kier molecular flexibility index (Phi) is 4.10. The summed E-state index contributed by atoms with van der Waals surface area (Å²) in [5, 5.41) is 0. The number of hydrogen-bond acceptors (Lipinski definition) is 4. The molecule has 0 spiro atoms. The van der Waals surface area contributed by atoms with Gasteiger partial charge in [0.15, 0.2) is 0 Å². The van der Waals surface area contributed by atoms with E-state index < -0.39 is 0 Å². The quantitative estimate of drug-likeness (QED) is 0.899. The first-order valence-corrected chi connectivity index (χ1v) is 7.96. The second-order valence-corrected chi connectivity index (χ2v) is 6.14. The first-order chi connectivity index (χ1) is 9.75. The molecule has 0 aromatic carbocycles. The van der Waals surface area contributed by atoms with Crippen molar-refractivity contribution >= 4 is 11.4 Å². The highest BCUT2D eigenvalue weighted by Gasteiger charge is 2.25. The summed E-state index contributed by atoms with van der Waals surface area (Å²) >= 11 is 0. The van der Waals surface area contributed by atoms with Crippen LogP contribution in [0.5, 0.6) is 0 Å². The van der Waals surface area contributed by atoms with Crippen LogP contribution in [0.1, 0.15) is 37.8 Å². The van der Waals surface area contributed by atoms with Crippen LogP contribution in [0.15, 0.2) is 12.3 Å². The van der Waals surface area contributed by atoms with Crippen molar-refractivity contribution in [2.45, 2.75) is 45.1 Å². The molecule has 4 nitrogen and oxygen atoms in total. The molecule has 0 unspecified atom stereocenters. The minimum absolute atomic E-state index is 0.836. The molecule has 1 saturated heterocycles. The van der Waals surface area contributed by atoms with Gasteiger partial charge < -0.3 is 10.6 Å². The molecule has 2 aliphatic rings. The zero-order chi connectivity index (χ0) is 13.9. The van der Waals surface area contributed by atoms with Crippen molar-refractivity contribution in [2.75, 3.05) is 36.8 Å². The van der Waals surface area contributed by atoms with E-state index in [1.165, 1.54) is 50.9 Å². The minimum atomic E-state index is 0.836. The molecule has 1 aliphatic carbocycles. The summed E-state index contributed by atoms with van der Waals surface area (Å²) in [4.78, 5) is 9.37. The SMILES string of the molecule is Cc1nccc(N2CCN(C3CCCCC3)CC2)c1N. The third kappa shape index (κ3) is 2.75. The van der Waals surface area contributed by atoms with Crippen molar-refractivity contribution in [1.29, 1.82) is 0 Å². The first-order valence-electron chi connectivity index (χ1n) is 7.96.